The van der Waals surface area contributed by atoms with Crippen molar-refractivity contribution in [2.24, 2.45) is 7.05 Å². The van der Waals surface area contributed by atoms with Crippen molar-refractivity contribution in [2.75, 3.05) is 0 Å². The molecule has 120 valence electrons. The molecule has 2 aromatic heterocycles. The lowest BCUT2D eigenvalue weighted by Gasteiger charge is -2.11. The van der Waals surface area contributed by atoms with Gasteiger partial charge < -0.3 is 4.57 Å². The van der Waals surface area contributed by atoms with E-state index in [0.717, 1.165) is 17.8 Å². The minimum absolute atomic E-state index is 0.258. The minimum atomic E-state index is -4.40. The summed E-state index contributed by atoms with van der Waals surface area (Å²) in [6.07, 6.45) is -2.06. The molecule has 0 amide bonds. The number of halogens is 3. The number of hydrogen-bond acceptors (Lipinski definition) is 2. The molecule has 0 spiro atoms. The van der Waals surface area contributed by atoms with Crippen LogP contribution in [0, 0.1) is 4.77 Å². The first-order valence-corrected chi connectivity index (χ1v) is 7.21. The molecule has 0 atom stereocenters. The number of nitrogens with one attached hydrogen (secondary N) is 1. The number of aryl methyl sites for hydroxylation is 1. The van der Waals surface area contributed by atoms with Crippen molar-refractivity contribution in [2.45, 2.75) is 12.6 Å². The second-order valence-electron chi connectivity index (χ2n) is 5.12. The Bertz CT molecular complexity index is 889. The van der Waals surface area contributed by atoms with Crippen molar-refractivity contribution < 1.29 is 13.2 Å². The minimum Gasteiger partial charge on any atom is -0.354 e. The molecule has 2 heterocycles. The van der Waals surface area contributed by atoms with Gasteiger partial charge in [0.05, 0.1) is 11.3 Å². The first kappa shape index (κ1) is 15.5. The molecule has 0 aliphatic carbocycles. The number of aromatic nitrogens is 4. The highest BCUT2D eigenvalue weighted by atomic mass is 32.1. The van der Waals surface area contributed by atoms with E-state index in [1.807, 2.05) is 29.9 Å². The summed E-state index contributed by atoms with van der Waals surface area (Å²) in [6.45, 7) is 0. The van der Waals surface area contributed by atoms with Gasteiger partial charge in [0.2, 0.25) is 0 Å². The van der Waals surface area contributed by atoms with Gasteiger partial charge in [-0.3, -0.25) is 9.67 Å². The molecule has 0 aliphatic heterocycles. The summed E-state index contributed by atoms with van der Waals surface area (Å²) in [5.41, 5.74) is 0.595. The summed E-state index contributed by atoms with van der Waals surface area (Å²) in [6, 6.07) is 8.86. The lowest BCUT2D eigenvalue weighted by molar-refractivity contribution is -0.137. The van der Waals surface area contributed by atoms with Gasteiger partial charge in [-0.05, 0) is 42.5 Å². The van der Waals surface area contributed by atoms with Crippen LogP contribution in [0.2, 0.25) is 0 Å². The van der Waals surface area contributed by atoms with Crippen molar-refractivity contribution in [1.29, 1.82) is 0 Å². The highest BCUT2D eigenvalue weighted by Gasteiger charge is 2.30. The van der Waals surface area contributed by atoms with Crippen molar-refractivity contribution in [3.8, 4) is 5.69 Å². The number of aromatic amines is 1. The summed E-state index contributed by atoms with van der Waals surface area (Å²) in [4.78, 5) is 0. The smallest absolute Gasteiger partial charge is 0.354 e. The third kappa shape index (κ3) is 3.07. The zero-order chi connectivity index (χ0) is 16.6. The molecular formula is C15H13F3N4S. The lowest BCUT2D eigenvalue weighted by atomic mass is 10.2. The molecule has 0 saturated carbocycles. The Labute approximate surface area is 135 Å². The van der Waals surface area contributed by atoms with Crippen LogP contribution in [0.4, 0.5) is 13.2 Å². The number of H-pyrrole nitrogens is 1. The fourth-order valence-electron chi connectivity index (χ4n) is 2.38. The van der Waals surface area contributed by atoms with Gasteiger partial charge in [0, 0.05) is 25.4 Å². The van der Waals surface area contributed by atoms with E-state index in [-0.39, 0.29) is 4.77 Å². The van der Waals surface area contributed by atoms with Crippen LogP contribution in [0.15, 0.2) is 42.6 Å². The van der Waals surface area contributed by atoms with E-state index in [4.69, 9.17) is 12.2 Å². The molecule has 0 bridgehead atoms. The average Bonchev–Trinajstić information content (AvgIpc) is 3.05. The number of benzene rings is 1. The Kier molecular flexibility index (Phi) is 3.85. The van der Waals surface area contributed by atoms with E-state index in [1.165, 1.54) is 10.6 Å². The highest BCUT2D eigenvalue weighted by Crippen LogP contribution is 2.30. The monoisotopic (exact) mass is 338 g/mol. The summed E-state index contributed by atoms with van der Waals surface area (Å²) in [5, 5.41) is 6.80. The zero-order valence-corrected chi connectivity index (χ0v) is 12.9. The van der Waals surface area contributed by atoms with Crippen LogP contribution in [-0.4, -0.2) is 19.3 Å². The van der Waals surface area contributed by atoms with Crippen molar-refractivity contribution in [3.63, 3.8) is 0 Å². The molecule has 0 saturated heterocycles. The molecule has 0 aliphatic rings. The third-order valence-electron chi connectivity index (χ3n) is 3.56. The molecule has 1 aromatic carbocycles. The normalized spacial score (nSPS) is 11.8. The van der Waals surface area contributed by atoms with E-state index in [1.54, 1.807) is 6.07 Å². The van der Waals surface area contributed by atoms with Gasteiger partial charge in [0.25, 0.3) is 0 Å². The molecule has 0 radical (unpaired) electrons. The Hall–Kier alpha value is -2.35. The topological polar surface area (TPSA) is 38.5 Å². The molecule has 3 aromatic rings. The molecule has 0 fully saturated rings. The third-order valence-corrected chi connectivity index (χ3v) is 3.84. The van der Waals surface area contributed by atoms with Crippen LogP contribution in [0.1, 0.15) is 17.1 Å². The second kappa shape index (κ2) is 5.69. The highest BCUT2D eigenvalue weighted by molar-refractivity contribution is 7.71. The number of nitrogens with zero attached hydrogens (tertiary/aromatic N) is 3. The molecule has 0 unspecified atom stereocenters. The summed E-state index contributed by atoms with van der Waals surface area (Å²) < 4.78 is 42.4. The Morgan fingerprint density at radius 2 is 2.00 bits per heavy atom. The summed E-state index contributed by atoms with van der Waals surface area (Å²) in [7, 11) is 1.89. The van der Waals surface area contributed by atoms with Crippen molar-refractivity contribution >= 4 is 12.2 Å². The van der Waals surface area contributed by atoms with Crippen LogP contribution in [0.25, 0.3) is 5.69 Å². The predicted octanol–water partition coefficient (Wildman–Crippen LogP) is 3.88. The quantitative estimate of drug-likeness (QED) is 0.736. The van der Waals surface area contributed by atoms with E-state index < -0.39 is 11.7 Å². The van der Waals surface area contributed by atoms with Gasteiger partial charge in [0.15, 0.2) is 4.77 Å². The van der Waals surface area contributed by atoms with E-state index >= 15 is 0 Å². The number of hydrogen-bond donors (Lipinski definition) is 1. The van der Waals surface area contributed by atoms with E-state index in [9.17, 15) is 13.2 Å². The Morgan fingerprint density at radius 1 is 1.22 bits per heavy atom. The summed E-state index contributed by atoms with van der Waals surface area (Å²) in [5.74, 6) is 0.552. The molecule has 23 heavy (non-hydrogen) atoms. The Morgan fingerprint density at radius 3 is 2.65 bits per heavy atom. The predicted molar refractivity (Wildman–Crippen MR) is 82.0 cm³/mol. The SMILES string of the molecule is Cn1cccc1Cc1n[nH]c(=S)n1-c1cccc(C(F)(F)F)c1. The largest absolute Gasteiger partial charge is 0.416 e. The van der Waals surface area contributed by atoms with E-state index in [0.29, 0.717) is 17.9 Å². The van der Waals surface area contributed by atoms with Crippen LogP contribution < -0.4 is 0 Å². The maximum atomic E-state index is 12.9. The molecular weight excluding hydrogens is 325 g/mol. The standard InChI is InChI=1S/C15H13F3N4S/c1-21-7-3-6-11(21)9-13-19-20-14(23)22(13)12-5-2-4-10(8-12)15(16,17)18/h2-8H,9H2,1H3,(H,20,23). The second-order valence-corrected chi connectivity index (χ2v) is 5.50. The molecule has 3 rings (SSSR count). The molecule has 4 nitrogen and oxygen atoms in total. The van der Waals surface area contributed by atoms with Gasteiger partial charge in [-0.2, -0.15) is 18.3 Å². The van der Waals surface area contributed by atoms with Gasteiger partial charge in [-0.1, -0.05) is 6.07 Å². The average molecular weight is 338 g/mol. The van der Waals surface area contributed by atoms with Gasteiger partial charge in [-0.25, -0.2) is 0 Å². The van der Waals surface area contributed by atoms with Gasteiger partial charge >= 0.3 is 6.18 Å². The van der Waals surface area contributed by atoms with Gasteiger partial charge in [0.1, 0.15) is 5.82 Å². The van der Waals surface area contributed by atoms with Crippen LogP contribution in [0.3, 0.4) is 0 Å². The molecule has 1 N–H and O–H groups in total. The Balaban J connectivity index is 2.06. The lowest BCUT2D eigenvalue weighted by Crippen LogP contribution is -2.08. The van der Waals surface area contributed by atoms with E-state index in [2.05, 4.69) is 10.2 Å². The fourth-order valence-corrected chi connectivity index (χ4v) is 2.63. The number of rotatable bonds is 3. The van der Waals surface area contributed by atoms with Crippen LogP contribution >= 0.6 is 12.2 Å². The molecule has 8 heteroatoms. The van der Waals surface area contributed by atoms with Gasteiger partial charge in [-0.15, -0.1) is 0 Å². The van der Waals surface area contributed by atoms with Crippen LogP contribution in [0.5, 0.6) is 0 Å². The van der Waals surface area contributed by atoms with Crippen LogP contribution in [-0.2, 0) is 19.6 Å². The maximum absolute atomic E-state index is 12.9. The number of alkyl halides is 3. The first-order chi connectivity index (χ1) is 10.9. The summed E-state index contributed by atoms with van der Waals surface area (Å²) >= 11 is 5.18. The maximum Gasteiger partial charge on any atom is 0.416 e. The fraction of sp³-hybridized carbons (Fsp3) is 0.200. The van der Waals surface area contributed by atoms with Crippen molar-refractivity contribution in [3.05, 3.63) is 64.4 Å². The zero-order valence-electron chi connectivity index (χ0n) is 12.1. The first-order valence-electron chi connectivity index (χ1n) is 6.80. The van der Waals surface area contributed by atoms with Crippen molar-refractivity contribution in [1.82, 2.24) is 19.3 Å².